The Morgan fingerprint density at radius 2 is 1.91 bits per heavy atom. The summed E-state index contributed by atoms with van der Waals surface area (Å²) < 4.78 is 0.525. The lowest BCUT2D eigenvalue weighted by Crippen LogP contribution is -2.71. The lowest BCUT2D eigenvalue weighted by Gasteiger charge is -2.50. The summed E-state index contributed by atoms with van der Waals surface area (Å²) >= 11 is 2.26. The number of nitrogens with two attached hydrogens (primary N) is 1. The van der Waals surface area contributed by atoms with Crippen LogP contribution in [-0.2, 0) is 37.1 Å². The number of carbonyl (C=O) groups is 4. The fourth-order valence-corrected chi connectivity index (χ4v) is 7.05. The molecular weight excluding hydrogens is 628 g/mol. The van der Waals surface area contributed by atoms with Crippen molar-refractivity contribution in [1.82, 2.24) is 15.2 Å². The summed E-state index contributed by atoms with van der Waals surface area (Å²) in [7, 11) is 2.00. The van der Waals surface area contributed by atoms with Gasteiger partial charge in [0.25, 0.3) is 11.8 Å². The zero-order valence-corrected chi connectivity index (χ0v) is 26.0. The number of benzene rings is 1. The van der Waals surface area contributed by atoms with E-state index in [4.69, 9.17) is 10.6 Å². The number of aromatic hydroxyl groups is 2. The van der Waals surface area contributed by atoms with Gasteiger partial charge in [0.15, 0.2) is 22.3 Å². The van der Waals surface area contributed by atoms with E-state index < -0.39 is 46.5 Å². The molecule has 2 atom stereocenters. The van der Waals surface area contributed by atoms with Crippen molar-refractivity contribution in [2.75, 3.05) is 25.1 Å². The van der Waals surface area contributed by atoms with Gasteiger partial charge in [-0.2, -0.15) is 0 Å². The standard InChI is InChI=1S/C28H30N6O9S2/c1-28(2,26(41)42)43-32-19(16-12-45-27(29)30-16)22(37)31-20-23(38)33-21(25(39)40)13(11-44-24(20)33)5-4-6-34(3)9-14-7-17(35)18(36)8-15(14)10-34/h4-5,7-8,12,20,24H,6,9-11H2,1-3H3,(H6-,29,30,31,32,35,36,37,39,40,41,42)/b5-4+/t20?,24-/m1/s1. The van der Waals surface area contributed by atoms with Gasteiger partial charge in [-0.15, -0.1) is 23.1 Å². The molecule has 1 saturated heterocycles. The minimum absolute atomic E-state index is 0.00455. The molecule has 17 heteroatoms. The predicted molar refractivity (Wildman–Crippen MR) is 160 cm³/mol. The van der Waals surface area contributed by atoms with Crippen molar-refractivity contribution in [1.29, 1.82) is 0 Å². The Hall–Kier alpha value is -4.61. The topological polar surface area (TPSA) is 228 Å². The number of nitrogens with one attached hydrogen (secondary N) is 1. The number of rotatable bonds is 10. The van der Waals surface area contributed by atoms with E-state index in [-0.39, 0.29) is 33.8 Å². The molecule has 0 saturated carbocycles. The molecule has 6 N–H and O–H groups in total. The number of hydrogen-bond acceptors (Lipinski definition) is 13. The number of phenols is 2. The number of phenolic OH excluding ortho intramolecular Hbond substituents is 2. The summed E-state index contributed by atoms with van der Waals surface area (Å²) in [6.45, 7) is 4.17. The summed E-state index contributed by atoms with van der Waals surface area (Å²) in [5.41, 5.74) is 5.41. The second-order valence-electron chi connectivity index (χ2n) is 11.6. The molecule has 3 aliphatic rings. The zero-order valence-electron chi connectivity index (χ0n) is 24.3. The lowest BCUT2D eigenvalue weighted by atomic mass is 10.0. The van der Waals surface area contributed by atoms with Gasteiger partial charge in [-0.3, -0.25) is 14.5 Å². The quantitative estimate of drug-likeness (QED) is 0.0738. The van der Waals surface area contributed by atoms with Crippen molar-refractivity contribution in [2.45, 2.75) is 44.0 Å². The summed E-state index contributed by atoms with van der Waals surface area (Å²) in [4.78, 5) is 60.3. The molecule has 0 bridgehead atoms. The van der Waals surface area contributed by atoms with E-state index >= 15 is 0 Å². The number of amides is 2. The molecule has 1 unspecified atom stereocenters. The van der Waals surface area contributed by atoms with Gasteiger partial charge in [0.05, 0.1) is 25.3 Å². The molecule has 238 valence electrons. The number of fused-ring (bicyclic) bond motifs is 2. The van der Waals surface area contributed by atoms with Crippen molar-refractivity contribution in [3.8, 4) is 11.5 Å². The number of carboxylic acid groups (broad SMARTS) is 2. The normalized spacial score (nSPS) is 20.9. The van der Waals surface area contributed by atoms with Crippen LogP contribution in [0.15, 0.2) is 46.1 Å². The number of nitrogen functional groups attached to an aromatic ring is 1. The Kier molecular flexibility index (Phi) is 8.28. The number of likely N-dealkylation sites (N-methyl/N-ethyl adjacent to an activating group) is 1. The molecule has 1 fully saturated rings. The first kappa shape index (κ1) is 31.8. The van der Waals surface area contributed by atoms with Crippen molar-refractivity contribution in [3.05, 3.63) is 57.8 Å². The Labute approximate surface area is 264 Å². The third-order valence-corrected chi connectivity index (χ3v) is 9.58. The predicted octanol–water partition coefficient (Wildman–Crippen LogP) is -0.159. The first-order valence-electron chi connectivity index (χ1n) is 13.5. The van der Waals surface area contributed by atoms with Crippen LogP contribution >= 0.6 is 23.1 Å². The summed E-state index contributed by atoms with van der Waals surface area (Å²) in [6.07, 6.45) is 3.46. The largest absolute Gasteiger partial charge is 0.543 e. The SMILES string of the molecule is CC(C)(O/N=C(\C(=O)NC1C(=O)N2C(C(=O)[O-])=C(/C=C/C[N+]3(C)Cc4cc(O)c(O)cc4C3)CS[C@H]12)c1csc(N)n1)C(=O)O. The van der Waals surface area contributed by atoms with Gasteiger partial charge in [-0.1, -0.05) is 11.2 Å². The monoisotopic (exact) mass is 658 g/mol. The number of carbonyl (C=O) groups excluding carboxylic acids is 3. The molecule has 2 amide bonds. The highest BCUT2D eigenvalue weighted by Gasteiger charge is 2.53. The summed E-state index contributed by atoms with van der Waals surface area (Å²) in [5, 5.41) is 48.3. The Morgan fingerprint density at radius 3 is 2.47 bits per heavy atom. The molecule has 0 aliphatic carbocycles. The highest BCUT2D eigenvalue weighted by atomic mass is 32.2. The number of hydrogen-bond donors (Lipinski definition) is 5. The number of oxime groups is 1. The van der Waals surface area contributed by atoms with Crippen LogP contribution in [-0.4, -0.2) is 95.5 Å². The average molecular weight is 659 g/mol. The maximum Gasteiger partial charge on any atom is 0.350 e. The van der Waals surface area contributed by atoms with E-state index in [2.05, 4.69) is 15.5 Å². The Morgan fingerprint density at radius 1 is 1.27 bits per heavy atom. The maximum atomic E-state index is 13.3. The first-order chi connectivity index (χ1) is 21.1. The third kappa shape index (κ3) is 6.18. The van der Waals surface area contributed by atoms with Gasteiger partial charge in [0.1, 0.15) is 30.2 Å². The van der Waals surface area contributed by atoms with Crippen LogP contribution in [0.1, 0.15) is 30.7 Å². The van der Waals surface area contributed by atoms with Gasteiger partial charge in [-0.25, -0.2) is 9.78 Å². The lowest BCUT2D eigenvalue weighted by molar-refractivity contribution is -0.923. The Balaban J connectivity index is 1.30. The number of carboxylic acids is 2. The van der Waals surface area contributed by atoms with Crippen LogP contribution < -0.4 is 16.2 Å². The summed E-state index contributed by atoms with van der Waals surface area (Å²) in [5.74, 6) is -4.60. The number of aliphatic carboxylic acids is 2. The highest BCUT2D eigenvalue weighted by Crippen LogP contribution is 2.41. The fraction of sp³-hybridized carbons (Fsp3) is 0.357. The summed E-state index contributed by atoms with van der Waals surface area (Å²) in [6, 6.07) is 1.97. The number of β-lactam (4-membered cyclic amide) rings is 1. The minimum Gasteiger partial charge on any atom is -0.543 e. The smallest absolute Gasteiger partial charge is 0.350 e. The highest BCUT2D eigenvalue weighted by molar-refractivity contribution is 8.00. The van der Waals surface area contributed by atoms with E-state index in [0.717, 1.165) is 27.4 Å². The van der Waals surface area contributed by atoms with Crippen molar-refractivity contribution >= 4 is 57.7 Å². The van der Waals surface area contributed by atoms with E-state index in [9.17, 15) is 39.6 Å². The number of quaternary nitrogens is 1. The fourth-order valence-electron chi connectivity index (χ4n) is 5.18. The molecule has 1 aromatic heterocycles. The maximum absolute atomic E-state index is 13.3. The number of thiazole rings is 1. The molecule has 4 heterocycles. The van der Waals surface area contributed by atoms with E-state index in [1.165, 1.54) is 31.0 Å². The molecule has 1 aromatic carbocycles. The van der Waals surface area contributed by atoms with Crippen molar-refractivity contribution in [2.24, 2.45) is 5.16 Å². The van der Waals surface area contributed by atoms with Gasteiger partial charge in [0, 0.05) is 22.3 Å². The molecule has 15 nitrogen and oxygen atoms in total. The van der Waals surface area contributed by atoms with Crippen LogP contribution in [0.5, 0.6) is 11.5 Å². The number of aromatic nitrogens is 1. The second kappa shape index (κ2) is 11.7. The van der Waals surface area contributed by atoms with E-state index in [0.29, 0.717) is 29.7 Å². The molecule has 3 aliphatic heterocycles. The van der Waals surface area contributed by atoms with Crippen LogP contribution in [0.2, 0.25) is 0 Å². The molecule has 45 heavy (non-hydrogen) atoms. The van der Waals surface area contributed by atoms with Crippen molar-refractivity contribution < 1.29 is 48.9 Å². The van der Waals surface area contributed by atoms with E-state index in [1.54, 1.807) is 18.2 Å². The van der Waals surface area contributed by atoms with Gasteiger partial charge < -0.3 is 45.6 Å². The molecule has 0 radical (unpaired) electrons. The van der Waals surface area contributed by atoms with Crippen LogP contribution in [0.25, 0.3) is 0 Å². The van der Waals surface area contributed by atoms with Gasteiger partial charge in [0.2, 0.25) is 5.60 Å². The third-order valence-electron chi connectivity index (χ3n) is 7.60. The second-order valence-corrected chi connectivity index (χ2v) is 13.6. The average Bonchev–Trinajstić information content (AvgIpc) is 3.53. The number of anilines is 1. The first-order valence-corrected chi connectivity index (χ1v) is 15.5. The molecular formula is C28H30N6O9S2. The van der Waals surface area contributed by atoms with Gasteiger partial charge >= 0.3 is 5.97 Å². The van der Waals surface area contributed by atoms with Crippen LogP contribution in [0.4, 0.5) is 5.13 Å². The number of allylic oxidation sites excluding steroid dienone is 1. The molecule has 2 aromatic rings. The van der Waals surface area contributed by atoms with Crippen molar-refractivity contribution in [3.63, 3.8) is 0 Å². The number of nitrogens with zero attached hydrogens (tertiary/aromatic N) is 4. The Bertz CT molecular complexity index is 1670. The molecule has 5 rings (SSSR count). The van der Waals surface area contributed by atoms with Gasteiger partial charge in [-0.05, 0) is 37.6 Å². The zero-order chi connectivity index (χ0) is 32.8. The van der Waals surface area contributed by atoms with Crippen LogP contribution in [0.3, 0.4) is 0 Å². The molecule has 0 spiro atoms. The number of thioether (sulfide) groups is 1. The minimum atomic E-state index is -1.78. The van der Waals surface area contributed by atoms with Crippen LogP contribution in [0, 0.1) is 0 Å². The van der Waals surface area contributed by atoms with E-state index in [1.807, 2.05) is 13.1 Å².